The van der Waals surface area contributed by atoms with Gasteiger partial charge in [-0.3, -0.25) is 14.5 Å². The van der Waals surface area contributed by atoms with Gasteiger partial charge in [0.15, 0.2) is 0 Å². The van der Waals surface area contributed by atoms with Crippen LogP contribution in [0.5, 0.6) is 11.5 Å². The van der Waals surface area contributed by atoms with Gasteiger partial charge in [-0.2, -0.15) is 0 Å². The minimum atomic E-state index is -1.92. The highest BCUT2D eigenvalue weighted by Gasteiger charge is 2.63. The second kappa shape index (κ2) is 9.21. The Balaban J connectivity index is 1.77. The molecule has 1 atom stereocenters. The van der Waals surface area contributed by atoms with Crippen LogP contribution in [0, 0.1) is 6.92 Å². The fourth-order valence-corrected chi connectivity index (χ4v) is 5.06. The summed E-state index contributed by atoms with van der Waals surface area (Å²) in [5, 5.41) is 10.3. The number of carbonyl (C=O) groups excluding carboxylic acids is 2. The number of benzene rings is 2. The molecule has 1 N–H and O–H groups in total. The van der Waals surface area contributed by atoms with Crippen molar-refractivity contribution in [1.82, 2.24) is 4.90 Å². The third-order valence-electron chi connectivity index (χ3n) is 6.15. The first-order valence-corrected chi connectivity index (χ1v) is 12.1. The van der Waals surface area contributed by atoms with Crippen LogP contribution in [0.1, 0.15) is 59.7 Å². The number of nitrogens with zero attached hydrogens (tertiary/aromatic N) is 1. The molecule has 8 heteroatoms. The van der Waals surface area contributed by atoms with Gasteiger partial charge in [0.2, 0.25) is 5.78 Å². The number of aryl methyl sites for hydroxylation is 1. The van der Waals surface area contributed by atoms with E-state index < -0.39 is 17.4 Å². The molecule has 4 rings (SSSR count). The Kier molecular flexibility index (Phi) is 6.68. The molecular weight excluding hydrogens is 485 g/mol. The van der Waals surface area contributed by atoms with E-state index in [9.17, 15) is 14.7 Å². The van der Waals surface area contributed by atoms with Gasteiger partial charge < -0.3 is 9.84 Å². The maximum atomic E-state index is 13.7. The Hall–Kier alpha value is -2.21. The van der Waals surface area contributed by atoms with E-state index in [4.69, 9.17) is 39.5 Å². The molecule has 0 radical (unpaired) electrons. The van der Waals surface area contributed by atoms with Crippen LogP contribution in [0.25, 0.3) is 0 Å². The SMILES string of the molecule is CCCCCCc1c(O)c(Cl)cc2c1OC1(C2=O)C(Cl)=C(Cl)C(=O)N1Cc1ccc(C)cc1. The minimum absolute atomic E-state index is 0.0499. The van der Waals surface area contributed by atoms with E-state index in [1.54, 1.807) is 0 Å². The van der Waals surface area contributed by atoms with Crippen molar-refractivity contribution < 1.29 is 19.4 Å². The average Bonchev–Trinajstić information content (AvgIpc) is 3.18. The molecule has 2 aliphatic heterocycles. The number of phenols is 1. The van der Waals surface area contributed by atoms with E-state index in [1.165, 1.54) is 11.0 Å². The van der Waals surface area contributed by atoms with Crippen LogP contribution in [0.3, 0.4) is 0 Å². The first kappa shape index (κ1) is 23.9. The van der Waals surface area contributed by atoms with Crippen molar-refractivity contribution in [1.29, 1.82) is 0 Å². The Morgan fingerprint density at radius 1 is 1.06 bits per heavy atom. The smallest absolute Gasteiger partial charge is 0.288 e. The molecule has 5 nitrogen and oxygen atoms in total. The van der Waals surface area contributed by atoms with Gasteiger partial charge in [0.1, 0.15) is 21.6 Å². The third kappa shape index (κ3) is 3.90. The third-order valence-corrected chi connectivity index (χ3v) is 7.33. The van der Waals surface area contributed by atoms with Gasteiger partial charge in [0.05, 0.1) is 17.1 Å². The topological polar surface area (TPSA) is 66.8 Å². The van der Waals surface area contributed by atoms with Gasteiger partial charge in [0, 0.05) is 5.56 Å². The quantitative estimate of drug-likeness (QED) is 0.435. The van der Waals surface area contributed by atoms with Crippen LogP contribution >= 0.6 is 34.8 Å². The zero-order valence-electron chi connectivity index (χ0n) is 18.4. The first-order valence-electron chi connectivity index (χ1n) is 10.9. The van der Waals surface area contributed by atoms with E-state index in [0.29, 0.717) is 12.0 Å². The van der Waals surface area contributed by atoms with Gasteiger partial charge in [-0.15, -0.1) is 0 Å². The van der Waals surface area contributed by atoms with E-state index in [0.717, 1.165) is 36.8 Å². The summed E-state index contributed by atoms with van der Waals surface area (Å²) in [6, 6.07) is 8.93. The average molecular weight is 509 g/mol. The summed E-state index contributed by atoms with van der Waals surface area (Å²) in [5.41, 5.74) is 0.549. The number of fused-ring (bicyclic) bond motifs is 1. The normalized spacial score (nSPS) is 19.6. The monoisotopic (exact) mass is 507 g/mol. The second-order valence-electron chi connectivity index (χ2n) is 8.45. The molecule has 2 heterocycles. The lowest BCUT2D eigenvalue weighted by atomic mass is 9.97. The molecule has 2 aromatic carbocycles. The number of Topliss-reactive ketones (excluding diaryl/α,β-unsaturated/α-hetero) is 1. The molecule has 174 valence electrons. The molecule has 1 unspecified atom stereocenters. The molecular formula is C25H24Cl3NO4. The van der Waals surface area contributed by atoms with Crippen LogP contribution in [0.4, 0.5) is 0 Å². The minimum Gasteiger partial charge on any atom is -0.506 e. The lowest BCUT2D eigenvalue weighted by molar-refractivity contribution is -0.135. The summed E-state index contributed by atoms with van der Waals surface area (Å²) in [6.07, 6.45) is 4.33. The summed E-state index contributed by atoms with van der Waals surface area (Å²) in [6.45, 7) is 4.13. The highest BCUT2D eigenvalue weighted by molar-refractivity contribution is 6.51. The number of carbonyl (C=O) groups is 2. The van der Waals surface area contributed by atoms with Gasteiger partial charge in [-0.05, 0) is 31.4 Å². The Bertz CT molecular complexity index is 1160. The number of aromatic hydroxyl groups is 1. The molecule has 0 saturated carbocycles. The summed E-state index contributed by atoms with van der Waals surface area (Å²) in [5.74, 6) is -1.06. The Labute approximate surface area is 207 Å². The van der Waals surface area contributed by atoms with Crippen molar-refractivity contribution in [3.05, 3.63) is 67.7 Å². The molecule has 1 amide bonds. The Morgan fingerprint density at radius 3 is 2.42 bits per heavy atom. The van der Waals surface area contributed by atoms with Crippen LogP contribution in [0.15, 0.2) is 40.4 Å². The maximum Gasteiger partial charge on any atom is 0.288 e. The lowest BCUT2D eigenvalue weighted by Crippen LogP contribution is -2.54. The van der Waals surface area contributed by atoms with E-state index in [1.807, 2.05) is 31.2 Å². The number of hydrogen-bond acceptors (Lipinski definition) is 4. The number of ether oxygens (including phenoxy) is 1. The van der Waals surface area contributed by atoms with Crippen LogP contribution in [-0.2, 0) is 17.8 Å². The highest BCUT2D eigenvalue weighted by Crippen LogP contribution is 2.53. The van der Waals surface area contributed by atoms with Crippen molar-refractivity contribution in [3.8, 4) is 11.5 Å². The van der Waals surface area contributed by atoms with Crippen LogP contribution in [-0.4, -0.2) is 27.4 Å². The van der Waals surface area contributed by atoms with Crippen molar-refractivity contribution in [2.75, 3.05) is 0 Å². The number of rotatable bonds is 7. The molecule has 0 bridgehead atoms. The number of amides is 1. The molecule has 0 saturated heterocycles. The predicted octanol–water partition coefficient (Wildman–Crippen LogP) is 6.48. The fraction of sp³-hybridized carbons (Fsp3) is 0.360. The lowest BCUT2D eigenvalue weighted by Gasteiger charge is -2.33. The molecule has 0 aromatic heterocycles. The van der Waals surface area contributed by atoms with Gasteiger partial charge in [-0.1, -0.05) is 90.8 Å². The number of hydrogen-bond donors (Lipinski definition) is 1. The van der Waals surface area contributed by atoms with Crippen molar-refractivity contribution in [3.63, 3.8) is 0 Å². The van der Waals surface area contributed by atoms with E-state index in [-0.39, 0.29) is 38.7 Å². The summed E-state index contributed by atoms with van der Waals surface area (Å²) >= 11 is 19.0. The predicted molar refractivity (Wildman–Crippen MR) is 129 cm³/mol. The molecule has 0 fully saturated rings. The van der Waals surface area contributed by atoms with E-state index in [2.05, 4.69) is 6.92 Å². The maximum absolute atomic E-state index is 13.7. The van der Waals surface area contributed by atoms with Crippen molar-refractivity contribution in [2.45, 2.75) is 58.2 Å². The molecule has 1 spiro atoms. The summed E-state index contributed by atoms with van der Waals surface area (Å²) < 4.78 is 6.22. The van der Waals surface area contributed by atoms with Crippen molar-refractivity contribution in [2.24, 2.45) is 0 Å². The largest absolute Gasteiger partial charge is 0.506 e. The summed E-state index contributed by atoms with van der Waals surface area (Å²) in [4.78, 5) is 28.0. The number of halogens is 3. The van der Waals surface area contributed by atoms with Crippen LogP contribution < -0.4 is 4.74 Å². The molecule has 2 aromatic rings. The zero-order valence-corrected chi connectivity index (χ0v) is 20.7. The highest BCUT2D eigenvalue weighted by atomic mass is 35.5. The van der Waals surface area contributed by atoms with E-state index >= 15 is 0 Å². The van der Waals surface area contributed by atoms with Gasteiger partial charge in [-0.25, -0.2) is 0 Å². The van der Waals surface area contributed by atoms with Crippen molar-refractivity contribution >= 4 is 46.5 Å². The first-order chi connectivity index (χ1) is 15.7. The number of unbranched alkanes of at least 4 members (excludes halogenated alkanes) is 3. The molecule has 33 heavy (non-hydrogen) atoms. The number of phenolic OH excluding ortho intramolecular Hbond substituents is 1. The molecule has 2 aliphatic rings. The molecule has 0 aliphatic carbocycles. The van der Waals surface area contributed by atoms with Gasteiger partial charge >= 0.3 is 0 Å². The van der Waals surface area contributed by atoms with Crippen LogP contribution in [0.2, 0.25) is 5.02 Å². The van der Waals surface area contributed by atoms with Gasteiger partial charge in [0.25, 0.3) is 11.6 Å². The number of ketones is 1. The Morgan fingerprint density at radius 2 is 1.76 bits per heavy atom. The summed E-state index contributed by atoms with van der Waals surface area (Å²) in [7, 11) is 0. The fourth-order valence-electron chi connectivity index (χ4n) is 4.30. The second-order valence-corrected chi connectivity index (χ2v) is 9.62. The standard InChI is InChI=1S/C25H24Cl3NO4/c1-3-4-5-6-7-16-20(30)18(26)12-17-21(16)33-25(23(17)31)22(28)19(27)24(32)29(25)13-15-10-8-14(2)9-11-15/h8-12,30H,3-7,13H2,1-2H3. The zero-order chi connectivity index (χ0) is 23.9.